The third-order valence-corrected chi connectivity index (χ3v) is 2.72. The Bertz CT molecular complexity index is 138. The van der Waals surface area contributed by atoms with Crippen molar-refractivity contribution < 1.29 is 4.39 Å². The van der Waals surface area contributed by atoms with E-state index in [0.717, 1.165) is 19.5 Å². The second-order valence-electron chi connectivity index (χ2n) is 3.89. The van der Waals surface area contributed by atoms with Crippen LogP contribution in [0.1, 0.15) is 20.3 Å². The van der Waals surface area contributed by atoms with Crippen LogP contribution >= 0.6 is 0 Å². The van der Waals surface area contributed by atoms with Crippen molar-refractivity contribution >= 4 is 0 Å². The zero-order valence-electron chi connectivity index (χ0n) is 7.96. The minimum atomic E-state index is -0.797. The van der Waals surface area contributed by atoms with Gasteiger partial charge >= 0.3 is 0 Å². The molecule has 1 saturated heterocycles. The lowest BCUT2D eigenvalue weighted by molar-refractivity contribution is 0.210. The van der Waals surface area contributed by atoms with E-state index in [4.69, 9.17) is 5.73 Å². The van der Waals surface area contributed by atoms with Gasteiger partial charge in [0.1, 0.15) is 6.17 Å². The van der Waals surface area contributed by atoms with E-state index in [9.17, 15) is 4.39 Å². The highest BCUT2D eigenvalue weighted by molar-refractivity contribution is 4.82. The van der Waals surface area contributed by atoms with Crippen LogP contribution in [0.4, 0.5) is 4.39 Å². The first-order valence-corrected chi connectivity index (χ1v) is 4.73. The number of alkyl halides is 1. The van der Waals surface area contributed by atoms with Crippen LogP contribution in [0.3, 0.4) is 0 Å². The average Bonchev–Trinajstić information content (AvgIpc) is 2.51. The lowest BCUT2D eigenvalue weighted by Crippen LogP contribution is -2.31. The van der Waals surface area contributed by atoms with Crippen molar-refractivity contribution in [3.05, 3.63) is 0 Å². The summed E-state index contributed by atoms with van der Waals surface area (Å²) in [5, 5.41) is 0. The fraction of sp³-hybridized carbons (Fsp3) is 1.00. The molecule has 0 radical (unpaired) electrons. The van der Waals surface area contributed by atoms with E-state index in [2.05, 4.69) is 18.7 Å². The minimum absolute atomic E-state index is 0.177. The Balaban J connectivity index is 2.35. The van der Waals surface area contributed by atoms with Crippen molar-refractivity contribution in [1.82, 2.24) is 4.90 Å². The lowest BCUT2D eigenvalue weighted by Gasteiger charge is -2.20. The van der Waals surface area contributed by atoms with Crippen molar-refractivity contribution in [2.75, 3.05) is 19.6 Å². The lowest BCUT2D eigenvalue weighted by atomic mass is 10.0. The summed E-state index contributed by atoms with van der Waals surface area (Å²) in [6, 6.07) is 0.542. The van der Waals surface area contributed by atoms with Crippen molar-refractivity contribution in [2.45, 2.75) is 32.5 Å². The molecule has 0 saturated carbocycles. The van der Waals surface area contributed by atoms with Gasteiger partial charge in [-0.3, -0.25) is 0 Å². The van der Waals surface area contributed by atoms with Crippen LogP contribution in [0.5, 0.6) is 0 Å². The Kier molecular flexibility index (Phi) is 3.47. The highest BCUT2D eigenvalue weighted by Crippen LogP contribution is 2.22. The summed E-state index contributed by atoms with van der Waals surface area (Å²) in [6.07, 6.45) is 0.171. The van der Waals surface area contributed by atoms with Gasteiger partial charge in [-0.1, -0.05) is 0 Å². The van der Waals surface area contributed by atoms with Crippen molar-refractivity contribution in [1.29, 1.82) is 0 Å². The quantitative estimate of drug-likeness (QED) is 0.692. The van der Waals surface area contributed by atoms with Gasteiger partial charge in [-0.15, -0.1) is 0 Å². The van der Waals surface area contributed by atoms with Crippen molar-refractivity contribution in [2.24, 2.45) is 11.7 Å². The smallest absolute Gasteiger partial charge is 0.116 e. The standard InChI is InChI=1S/C9H19FN2/c1-7(2)12-4-3-8(6-12)9(10)5-11/h7-9H,3-6,11H2,1-2H3. The minimum Gasteiger partial charge on any atom is -0.328 e. The highest BCUT2D eigenvalue weighted by Gasteiger charge is 2.29. The first-order chi connectivity index (χ1) is 5.65. The van der Waals surface area contributed by atoms with Crippen LogP contribution in [0.15, 0.2) is 0 Å². The molecule has 0 aromatic rings. The third kappa shape index (κ3) is 2.17. The SMILES string of the molecule is CC(C)N1CCC(C(F)CN)C1. The van der Waals surface area contributed by atoms with Crippen LogP contribution in [0.25, 0.3) is 0 Å². The maximum absolute atomic E-state index is 13.1. The molecule has 2 atom stereocenters. The van der Waals surface area contributed by atoms with Gasteiger partial charge in [0.05, 0.1) is 0 Å². The second-order valence-corrected chi connectivity index (χ2v) is 3.89. The molecule has 1 rings (SSSR count). The number of rotatable bonds is 3. The molecular formula is C9H19FN2. The molecule has 2 unspecified atom stereocenters. The van der Waals surface area contributed by atoms with Gasteiger partial charge < -0.3 is 10.6 Å². The van der Waals surface area contributed by atoms with Gasteiger partial charge in [-0.25, -0.2) is 4.39 Å². The van der Waals surface area contributed by atoms with E-state index < -0.39 is 6.17 Å². The number of nitrogens with two attached hydrogens (primary N) is 1. The van der Waals surface area contributed by atoms with Crippen LogP contribution in [-0.4, -0.2) is 36.7 Å². The van der Waals surface area contributed by atoms with Gasteiger partial charge in [0.25, 0.3) is 0 Å². The van der Waals surface area contributed by atoms with Crippen LogP contribution < -0.4 is 5.73 Å². The molecule has 1 aliphatic heterocycles. The number of hydrogen-bond donors (Lipinski definition) is 1. The molecular weight excluding hydrogens is 155 g/mol. The molecule has 1 fully saturated rings. The van der Waals surface area contributed by atoms with Gasteiger partial charge in [0.15, 0.2) is 0 Å². The predicted molar refractivity (Wildman–Crippen MR) is 48.8 cm³/mol. The van der Waals surface area contributed by atoms with E-state index in [1.165, 1.54) is 0 Å². The maximum Gasteiger partial charge on any atom is 0.116 e. The number of hydrogen-bond acceptors (Lipinski definition) is 2. The molecule has 0 bridgehead atoms. The first kappa shape index (κ1) is 9.93. The molecule has 0 aromatic carbocycles. The van der Waals surface area contributed by atoms with E-state index in [1.807, 2.05) is 0 Å². The van der Waals surface area contributed by atoms with Crippen molar-refractivity contribution in [3.63, 3.8) is 0 Å². The Hall–Kier alpha value is -0.150. The monoisotopic (exact) mass is 174 g/mol. The molecule has 2 nitrogen and oxygen atoms in total. The fourth-order valence-electron chi connectivity index (χ4n) is 1.77. The maximum atomic E-state index is 13.1. The summed E-state index contributed by atoms with van der Waals surface area (Å²) in [6.45, 7) is 6.39. The molecule has 72 valence electrons. The molecule has 1 heterocycles. The fourth-order valence-corrected chi connectivity index (χ4v) is 1.77. The molecule has 1 aliphatic rings. The second kappa shape index (κ2) is 4.19. The number of likely N-dealkylation sites (tertiary alicyclic amines) is 1. The molecule has 0 spiro atoms. The molecule has 0 aliphatic carbocycles. The molecule has 12 heavy (non-hydrogen) atoms. The largest absolute Gasteiger partial charge is 0.328 e. The van der Waals surface area contributed by atoms with Gasteiger partial charge in [0, 0.05) is 25.0 Å². The topological polar surface area (TPSA) is 29.3 Å². The van der Waals surface area contributed by atoms with E-state index in [-0.39, 0.29) is 12.5 Å². The van der Waals surface area contributed by atoms with Crippen LogP contribution in [0.2, 0.25) is 0 Å². The average molecular weight is 174 g/mol. The highest BCUT2D eigenvalue weighted by atomic mass is 19.1. The van der Waals surface area contributed by atoms with Crippen molar-refractivity contribution in [3.8, 4) is 0 Å². The van der Waals surface area contributed by atoms with Gasteiger partial charge in [-0.2, -0.15) is 0 Å². The summed E-state index contributed by atoms with van der Waals surface area (Å²) in [7, 11) is 0. The summed E-state index contributed by atoms with van der Waals surface area (Å²) >= 11 is 0. The molecule has 2 N–H and O–H groups in total. The van der Waals surface area contributed by atoms with Gasteiger partial charge in [0.2, 0.25) is 0 Å². The summed E-state index contributed by atoms with van der Waals surface area (Å²) in [5.41, 5.74) is 5.28. The molecule has 0 aromatic heterocycles. The third-order valence-electron chi connectivity index (χ3n) is 2.72. The normalized spacial score (nSPS) is 28.2. The van der Waals surface area contributed by atoms with E-state index in [0.29, 0.717) is 6.04 Å². The summed E-state index contributed by atoms with van der Waals surface area (Å²) < 4.78 is 13.1. The molecule has 3 heteroatoms. The predicted octanol–water partition coefficient (Wildman–Crippen LogP) is 1.01. The zero-order valence-corrected chi connectivity index (χ0v) is 7.96. The van der Waals surface area contributed by atoms with Crippen LogP contribution in [0, 0.1) is 5.92 Å². The van der Waals surface area contributed by atoms with Gasteiger partial charge in [-0.05, 0) is 26.8 Å². The Morgan fingerprint density at radius 1 is 1.58 bits per heavy atom. The zero-order chi connectivity index (χ0) is 9.14. The summed E-state index contributed by atoms with van der Waals surface area (Å²) in [5.74, 6) is 0.178. The Labute approximate surface area is 73.9 Å². The number of nitrogens with zero attached hydrogens (tertiary/aromatic N) is 1. The summed E-state index contributed by atoms with van der Waals surface area (Å²) in [4.78, 5) is 2.31. The molecule has 0 amide bonds. The van der Waals surface area contributed by atoms with E-state index >= 15 is 0 Å². The van der Waals surface area contributed by atoms with Crippen LogP contribution in [-0.2, 0) is 0 Å². The van der Waals surface area contributed by atoms with E-state index in [1.54, 1.807) is 0 Å². The number of halogens is 1. The Morgan fingerprint density at radius 2 is 2.25 bits per heavy atom. The Morgan fingerprint density at radius 3 is 2.67 bits per heavy atom. The first-order valence-electron chi connectivity index (χ1n) is 4.73.